The lowest BCUT2D eigenvalue weighted by Gasteiger charge is -2.28. The Balaban J connectivity index is 4.44. The summed E-state index contributed by atoms with van der Waals surface area (Å²) in [7, 11) is 1.13. The molecule has 57 heavy (non-hydrogen) atoms. The Morgan fingerprint density at radius 3 is 1.53 bits per heavy atom. The van der Waals surface area contributed by atoms with Gasteiger partial charge in [-0.2, -0.15) is 0 Å². The molecule has 0 aliphatic carbocycles. The average molecular weight is 820 g/mol. The molecule has 9 nitrogen and oxygen atoms in total. The number of unbranched alkanes of at least 4 members (excludes halogenated alkanes) is 13. The summed E-state index contributed by atoms with van der Waals surface area (Å²) in [5.41, 5.74) is 0. The average Bonchev–Trinajstić information content (AvgIpc) is 3.16. The molecule has 0 aliphatic heterocycles. The second-order valence-corrected chi connectivity index (χ2v) is 17.1. The van der Waals surface area contributed by atoms with E-state index in [1.165, 1.54) is 38.5 Å². The zero-order valence-corrected chi connectivity index (χ0v) is 37.7. The molecule has 2 atom stereocenters. The van der Waals surface area contributed by atoms with Crippen LogP contribution < -0.4 is 4.89 Å². The highest BCUT2D eigenvalue weighted by Crippen LogP contribution is 2.38. The van der Waals surface area contributed by atoms with Crippen molar-refractivity contribution in [1.29, 1.82) is 0 Å². The fourth-order valence-corrected chi connectivity index (χ4v) is 6.23. The summed E-state index contributed by atoms with van der Waals surface area (Å²) in [5, 5.41) is 0. The van der Waals surface area contributed by atoms with Crippen LogP contribution in [0.2, 0.25) is 0 Å². The number of allylic oxidation sites excluding steroid dienone is 12. The number of quaternary nitrogens is 1. The predicted molar refractivity (Wildman–Crippen MR) is 236 cm³/mol. The highest BCUT2D eigenvalue weighted by molar-refractivity contribution is 7.45. The fraction of sp³-hybridized carbons (Fsp3) is 0.702. The molecule has 0 aromatic rings. The molecule has 10 heteroatoms. The topological polar surface area (TPSA) is 111 Å². The number of phosphoric acid groups is 1. The van der Waals surface area contributed by atoms with Crippen molar-refractivity contribution < 1.29 is 42.1 Å². The Labute approximate surface area is 348 Å². The van der Waals surface area contributed by atoms with E-state index in [1.807, 2.05) is 21.1 Å². The lowest BCUT2D eigenvalue weighted by Crippen LogP contribution is -2.37. The van der Waals surface area contributed by atoms with Crippen LogP contribution in [0.15, 0.2) is 72.9 Å². The fourth-order valence-electron chi connectivity index (χ4n) is 5.50. The van der Waals surface area contributed by atoms with E-state index in [0.29, 0.717) is 23.9 Å². The third kappa shape index (κ3) is 42.9. The van der Waals surface area contributed by atoms with Gasteiger partial charge in [-0.15, -0.1) is 0 Å². The van der Waals surface area contributed by atoms with Gasteiger partial charge in [0.05, 0.1) is 27.7 Å². The number of rotatable bonds is 39. The lowest BCUT2D eigenvalue weighted by molar-refractivity contribution is -0.870. The van der Waals surface area contributed by atoms with Crippen molar-refractivity contribution in [3.8, 4) is 0 Å². The van der Waals surface area contributed by atoms with Gasteiger partial charge in [0.2, 0.25) is 0 Å². The first-order valence-electron chi connectivity index (χ1n) is 22.1. The summed E-state index contributed by atoms with van der Waals surface area (Å²) in [6, 6.07) is 0. The first-order valence-corrected chi connectivity index (χ1v) is 23.6. The maximum absolute atomic E-state index is 12.7. The summed E-state index contributed by atoms with van der Waals surface area (Å²) in [6.07, 6.45) is 47.8. The van der Waals surface area contributed by atoms with Gasteiger partial charge in [0.15, 0.2) is 6.10 Å². The van der Waals surface area contributed by atoms with E-state index < -0.39 is 32.5 Å². The third-order valence-electron chi connectivity index (χ3n) is 8.96. The molecule has 0 saturated heterocycles. The van der Waals surface area contributed by atoms with Gasteiger partial charge in [0.25, 0.3) is 7.82 Å². The number of phosphoric ester groups is 1. The number of likely N-dealkylation sites (N-methyl/N-ethyl adjacent to an activating group) is 1. The molecule has 328 valence electrons. The lowest BCUT2D eigenvalue weighted by atomic mass is 10.1. The minimum Gasteiger partial charge on any atom is -0.756 e. The van der Waals surface area contributed by atoms with E-state index in [2.05, 4.69) is 86.8 Å². The molecule has 0 bridgehead atoms. The molecule has 0 aromatic heterocycles. The van der Waals surface area contributed by atoms with Crippen molar-refractivity contribution in [3.63, 3.8) is 0 Å². The van der Waals surface area contributed by atoms with Crippen molar-refractivity contribution >= 4 is 19.8 Å². The number of carbonyl (C=O) groups excluding carboxylic acids is 2. The highest BCUT2D eigenvalue weighted by Gasteiger charge is 2.21. The Morgan fingerprint density at radius 1 is 0.561 bits per heavy atom. The predicted octanol–water partition coefficient (Wildman–Crippen LogP) is 12.0. The molecule has 0 amide bonds. The molecule has 0 aliphatic rings. The number of nitrogens with zero attached hydrogens (tertiary/aromatic N) is 1. The second kappa shape index (κ2) is 38.9. The van der Waals surface area contributed by atoms with Crippen LogP contribution in [0.1, 0.15) is 162 Å². The first kappa shape index (κ1) is 54.5. The zero-order valence-electron chi connectivity index (χ0n) is 36.8. The van der Waals surface area contributed by atoms with Gasteiger partial charge in [-0.05, 0) is 83.5 Å². The van der Waals surface area contributed by atoms with Gasteiger partial charge in [-0.25, -0.2) is 0 Å². The number of carbonyl (C=O) groups is 2. The van der Waals surface area contributed by atoms with E-state index in [9.17, 15) is 19.0 Å². The van der Waals surface area contributed by atoms with Gasteiger partial charge < -0.3 is 27.9 Å². The van der Waals surface area contributed by atoms with E-state index in [0.717, 1.165) is 83.5 Å². The van der Waals surface area contributed by atoms with E-state index in [1.54, 1.807) is 0 Å². The van der Waals surface area contributed by atoms with Gasteiger partial charge in [0, 0.05) is 12.8 Å². The highest BCUT2D eigenvalue weighted by atomic mass is 31.2. The zero-order chi connectivity index (χ0) is 42.1. The van der Waals surface area contributed by atoms with Gasteiger partial charge in [0.1, 0.15) is 19.8 Å². The Bertz CT molecular complexity index is 1200. The standard InChI is InChI=1S/C47H82NO8P/c1-6-8-10-12-14-16-18-20-22-23-24-25-26-28-29-31-33-35-37-39-46(49)53-43-45(44-55-57(51,52)54-42-41-48(3,4)5)56-47(50)40-38-36-34-32-30-27-21-19-17-15-13-11-9-7-2/h8,10,14,16,19-22,24-25,28-29,45H,6-7,9,11-13,15,17-18,23,26-27,30-44H2,1-5H3/b10-8+,16-14+,21-19+,22-20+,25-24+,29-28+/t45-/m0/s1. The molecule has 0 spiro atoms. The van der Waals surface area contributed by atoms with E-state index in [4.69, 9.17) is 18.5 Å². The van der Waals surface area contributed by atoms with Crippen molar-refractivity contribution in [2.45, 2.75) is 168 Å². The second-order valence-electron chi connectivity index (χ2n) is 15.7. The third-order valence-corrected chi connectivity index (χ3v) is 9.92. The molecule has 0 rings (SSSR count). The van der Waals surface area contributed by atoms with Crippen LogP contribution in [-0.2, 0) is 32.7 Å². The number of hydrogen-bond donors (Lipinski definition) is 0. The van der Waals surface area contributed by atoms with Crippen LogP contribution >= 0.6 is 7.82 Å². The van der Waals surface area contributed by atoms with Crippen LogP contribution in [0, 0.1) is 0 Å². The Morgan fingerprint density at radius 2 is 1.00 bits per heavy atom. The number of hydrogen-bond acceptors (Lipinski definition) is 8. The minimum atomic E-state index is -4.64. The molecular formula is C47H82NO8P. The summed E-state index contributed by atoms with van der Waals surface area (Å²) < 4.78 is 33.8. The number of esters is 2. The SMILES string of the molecule is CC/C=C/C/C=C/C/C=C/C/C=C/C/C=C/CCCCCC(=O)OC[C@@H](COP(=O)([O-])OCC[N+](C)(C)C)OC(=O)CCCCCCC/C=C/CCCCCCC. The van der Waals surface area contributed by atoms with E-state index in [-0.39, 0.29) is 26.1 Å². The van der Waals surface area contributed by atoms with Gasteiger partial charge in [-0.1, -0.05) is 138 Å². The molecule has 0 radical (unpaired) electrons. The van der Waals surface area contributed by atoms with Crippen LogP contribution in [0.3, 0.4) is 0 Å². The molecule has 1 unspecified atom stereocenters. The van der Waals surface area contributed by atoms with Crippen molar-refractivity contribution in [2.75, 3.05) is 47.5 Å². The Kier molecular flexibility index (Phi) is 37.2. The number of ether oxygens (including phenoxy) is 2. The van der Waals surface area contributed by atoms with Gasteiger partial charge >= 0.3 is 11.9 Å². The largest absolute Gasteiger partial charge is 0.756 e. The molecule has 0 heterocycles. The van der Waals surface area contributed by atoms with Crippen molar-refractivity contribution in [2.24, 2.45) is 0 Å². The monoisotopic (exact) mass is 820 g/mol. The molecule has 0 fully saturated rings. The summed E-state index contributed by atoms with van der Waals surface area (Å²) in [4.78, 5) is 37.5. The van der Waals surface area contributed by atoms with E-state index >= 15 is 0 Å². The van der Waals surface area contributed by atoms with Crippen LogP contribution in [0.4, 0.5) is 0 Å². The maximum atomic E-state index is 12.7. The van der Waals surface area contributed by atoms with Crippen LogP contribution in [0.25, 0.3) is 0 Å². The normalized spacial score (nSPS) is 14.3. The summed E-state index contributed by atoms with van der Waals surface area (Å²) in [6.45, 7) is 4.04. The maximum Gasteiger partial charge on any atom is 0.306 e. The van der Waals surface area contributed by atoms with Crippen molar-refractivity contribution in [3.05, 3.63) is 72.9 Å². The molecule has 0 aromatic carbocycles. The van der Waals surface area contributed by atoms with Crippen LogP contribution in [-0.4, -0.2) is 70.0 Å². The first-order chi connectivity index (χ1) is 27.5. The smallest absolute Gasteiger partial charge is 0.306 e. The minimum absolute atomic E-state index is 0.0415. The van der Waals surface area contributed by atoms with Gasteiger partial charge in [-0.3, -0.25) is 14.2 Å². The summed E-state index contributed by atoms with van der Waals surface area (Å²) in [5.74, 6) is -0.888. The molecular weight excluding hydrogens is 737 g/mol. The molecule has 0 N–H and O–H groups in total. The van der Waals surface area contributed by atoms with Crippen molar-refractivity contribution in [1.82, 2.24) is 0 Å². The summed E-state index contributed by atoms with van der Waals surface area (Å²) >= 11 is 0. The quantitative estimate of drug-likeness (QED) is 0.0198. The molecule has 0 saturated carbocycles. The van der Waals surface area contributed by atoms with Crippen LogP contribution in [0.5, 0.6) is 0 Å². The Hall–Kier alpha value is -2.55.